The molecule has 0 spiro atoms. The van der Waals surface area contributed by atoms with Gasteiger partial charge in [-0.25, -0.2) is 9.36 Å². The maximum absolute atomic E-state index is 11.9. The van der Waals surface area contributed by atoms with Crippen molar-refractivity contribution in [1.29, 1.82) is 0 Å². The van der Waals surface area contributed by atoms with Crippen LogP contribution >= 0.6 is 11.8 Å². The van der Waals surface area contributed by atoms with E-state index in [4.69, 9.17) is 5.73 Å². The topological polar surface area (TPSA) is 136 Å². The molecule has 2 aromatic rings. The number of hydrogen-bond acceptors (Lipinski definition) is 6. The van der Waals surface area contributed by atoms with Gasteiger partial charge < -0.3 is 16.3 Å². The third-order valence-corrected chi connectivity index (χ3v) is 5.45. The minimum absolute atomic E-state index is 0. The molecule has 4 N–H and O–H groups in total. The lowest BCUT2D eigenvalue weighted by Crippen LogP contribution is -2.68. The van der Waals surface area contributed by atoms with Gasteiger partial charge in [-0.2, -0.15) is 0 Å². The summed E-state index contributed by atoms with van der Waals surface area (Å²) in [6, 6.07) is 3.11. The van der Waals surface area contributed by atoms with Gasteiger partial charge in [0.1, 0.15) is 29.9 Å². The molecule has 0 aromatic carbocycles. The monoisotopic (exact) mass is 349 g/mol. The summed E-state index contributed by atoms with van der Waals surface area (Å²) in [6.45, 7) is 0.391. The first-order valence-corrected chi connectivity index (χ1v) is 8.10. The molecule has 1 fully saturated rings. The van der Waals surface area contributed by atoms with Gasteiger partial charge in [-0.3, -0.25) is 9.69 Å². The molecule has 0 bridgehead atoms. The van der Waals surface area contributed by atoms with Crippen molar-refractivity contribution in [2.75, 3.05) is 5.75 Å². The number of fused-ring (bicyclic) bond motifs is 2. The van der Waals surface area contributed by atoms with Gasteiger partial charge in [0.25, 0.3) is 0 Å². The van der Waals surface area contributed by atoms with E-state index in [1.165, 1.54) is 16.7 Å². The third kappa shape index (κ3) is 2.27. The van der Waals surface area contributed by atoms with Crippen molar-refractivity contribution in [3.63, 3.8) is 0 Å². The molecule has 4 rings (SSSR count). The van der Waals surface area contributed by atoms with Crippen molar-refractivity contribution in [2.24, 2.45) is 5.73 Å². The molecule has 2 aromatic heterocycles. The summed E-state index contributed by atoms with van der Waals surface area (Å²) in [7, 11) is 0. The van der Waals surface area contributed by atoms with Crippen LogP contribution in [-0.2, 0) is 16.1 Å². The van der Waals surface area contributed by atoms with Gasteiger partial charge in [-0.1, -0.05) is 5.10 Å². The first kappa shape index (κ1) is 16.4. The second-order valence-electron chi connectivity index (χ2n) is 5.45. The molecule has 126 valence electrons. The Morgan fingerprint density at radius 2 is 2.33 bits per heavy atom. The minimum atomic E-state index is -1.09. The van der Waals surface area contributed by atoms with Crippen molar-refractivity contribution >= 4 is 29.3 Å². The number of carboxylic acid groups (broad SMARTS) is 1. The molecule has 1 amide bonds. The average molecular weight is 349 g/mol. The number of amides is 1. The number of nitrogens with zero attached hydrogens (tertiary/aromatic N) is 4. The molecule has 2 atom stereocenters. The van der Waals surface area contributed by atoms with Gasteiger partial charge in [0, 0.05) is 17.4 Å². The van der Waals surface area contributed by atoms with Crippen molar-refractivity contribution < 1.29 is 24.7 Å². The molecule has 4 heterocycles. The van der Waals surface area contributed by atoms with Gasteiger partial charge in [0.05, 0.1) is 6.20 Å². The second kappa shape index (κ2) is 5.89. The number of β-lactam (4-membered cyclic amide) rings is 1. The maximum Gasteiger partial charge on any atom is 0.352 e. The van der Waals surface area contributed by atoms with Crippen LogP contribution in [0.4, 0.5) is 0 Å². The summed E-state index contributed by atoms with van der Waals surface area (Å²) in [5, 5.41) is 13.5. The Morgan fingerprint density at radius 1 is 1.54 bits per heavy atom. The molecule has 9 nitrogen and oxygen atoms in total. The zero-order valence-corrected chi connectivity index (χ0v) is 13.3. The summed E-state index contributed by atoms with van der Waals surface area (Å²) in [5.41, 5.74) is 7.36. The Balaban J connectivity index is 0.00000169. The van der Waals surface area contributed by atoms with Crippen LogP contribution in [0.5, 0.6) is 0 Å². The van der Waals surface area contributed by atoms with Gasteiger partial charge in [-0.15, -0.1) is 16.3 Å². The van der Waals surface area contributed by atoms with E-state index in [0.717, 1.165) is 5.65 Å². The van der Waals surface area contributed by atoms with Crippen molar-refractivity contribution in [3.05, 3.63) is 42.0 Å². The van der Waals surface area contributed by atoms with Crippen LogP contribution in [0.1, 0.15) is 0 Å². The number of hydrogen-bond donors (Lipinski definition) is 2. The summed E-state index contributed by atoms with van der Waals surface area (Å²) < 4.78 is 3.63. The lowest BCUT2D eigenvalue weighted by molar-refractivity contribution is -0.579. The number of carboxylic acids is 1. The lowest BCUT2D eigenvalue weighted by Gasteiger charge is -2.47. The fourth-order valence-corrected chi connectivity index (χ4v) is 4.26. The maximum atomic E-state index is 11.9. The van der Waals surface area contributed by atoms with Gasteiger partial charge >= 0.3 is 11.6 Å². The fraction of sp³-hybridized carbons (Fsp3) is 0.286. The molecule has 2 aliphatic rings. The number of nitrogens with two attached hydrogens (primary N) is 1. The predicted octanol–water partition coefficient (Wildman–Crippen LogP) is -0.974. The molecule has 1 saturated heterocycles. The number of imidazole rings is 1. The first-order chi connectivity index (χ1) is 11.1. The zero-order chi connectivity index (χ0) is 16.1. The largest absolute Gasteiger partial charge is 0.870 e. The van der Waals surface area contributed by atoms with Crippen LogP contribution in [-0.4, -0.2) is 54.2 Å². The fourth-order valence-electron chi connectivity index (χ4n) is 2.98. The number of aromatic nitrogens is 3. The van der Waals surface area contributed by atoms with Gasteiger partial charge in [0.15, 0.2) is 6.20 Å². The first-order valence-electron chi connectivity index (χ1n) is 7.05. The smallest absolute Gasteiger partial charge is 0.352 e. The van der Waals surface area contributed by atoms with E-state index in [1.807, 2.05) is 22.9 Å². The number of carbonyl (C=O) groups excluding carboxylic acids is 1. The van der Waals surface area contributed by atoms with Gasteiger partial charge in [-0.05, 0) is 6.07 Å². The Hall–Kier alpha value is -2.43. The van der Waals surface area contributed by atoms with Crippen LogP contribution in [0, 0.1) is 0 Å². The molecule has 10 heteroatoms. The van der Waals surface area contributed by atoms with E-state index in [9.17, 15) is 14.7 Å². The third-order valence-electron chi connectivity index (χ3n) is 4.09. The summed E-state index contributed by atoms with van der Waals surface area (Å²) in [6.07, 6.45) is 5.33. The number of thioether (sulfide) groups is 1. The van der Waals surface area contributed by atoms with Crippen LogP contribution in [0.25, 0.3) is 5.65 Å². The van der Waals surface area contributed by atoms with Crippen molar-refractivity contribution in [1.82, 2.24) is 14.6 Å². The van der Waals surface area contributed by atoms with Crippen molar-refractivity contribution in [2.45, 2.75) is 18.0 Å². The Morgan fingerprint density at radius 3 is 3.08 bits per heavy atom. The lowest BCUT2D eigenvalue weighted by atomic mass is 10.0. The molecule has 2 aliphatic heterocycles. The standard InChI is InChI=1S/C14H13N5O3S.H2O/c15-10-12(20)19-11(14(21)22)8(7-23-13(10)19)6-17-4-5-18-9(17)2-1-3-16-18;/h1-5,10,13H,6-7,15H2;1H2/t10-,13-;/m1./s1. The highest BCUT2D eigenvalue weighted by molar-refractivity contribution is 8.00. The Bertz CT molecular complexity index is 864. The van der Waals surface area contributed by atoms with Crippen molar-refractivity contribution in [3.8, 4) is 0 Å². The van der Waals surface area contributed by atoms with Crippen LogP contribution in [0.15, 0.2) is 42.0 Å². The molecular weight excluding hydrogens is 334 g/mol. The normalized spacial score (nSPS) is 22.9. The van der Waals surface area contributed by atoms with Gasteiger partial charge in [0.2, 0.25) is 5.91 Å². The highest BCUT2D eigenvalue weighted by atomic mass is 32.2. The summed E-state index contributed by atoms with van der Waals surface area (Å²) in [5.74, 6) is -0.882. The van der Waals surface area contributed by atoms with E-state index in [2.05, 4.69) is 5.10 Å². The van der Waals surface area contributed by atoms with Crippen LogP contribution in [0.3, 0.4) is 0 Å². The second-order valence-corrected chi connectivity index (χ2v) is 6.55. The van der Waals surface area contributed by atoms with E-state index in [1.54, 1.807) is 16.9 Å². The molecule has 0 unspecified atom stereocenters. The van der Waals surface area contributed by atoms with E-state index in [0.29, 0.717) is 17.9 Å². The molecule has 0 aliphatic carbocycles. The minimum Gasteiger partial charge on any atom is -0.870 e. The zero-order valence-electron chi connectivity index (χ0n) is 12.4. The molecule has 24 heavy (non-hydrogen) atoms. The molecular formula is C14H15N5O4S. The quantitative estimate of drug-likeness (QED) is 0.537. The average Bonchev–Trinajstić information content (AvgIpc) is 2.96. The molecule has 0 saturated carbocycles. The Kier molecular flexibility index (Phi) is 4.03. The SMILES string of the molecule is N[C@@H]1C(=O)N2C(C(=O)O)=C(Cn3cc[n+]4ncccc34)CS[C@H]12.[OH-]. The number of carbonyl (C=O) groups is 2. The Labute approximate surface area is 140 Å². The molecule has 0 radical (unpaired) electrons. The highest BCUT2D eigenvalue weighted by Crippen LogP contribution is 2.39. The van der Waals surface area contributed by atoms with E-state index >= 15 is 0 Å². The highest BCUT2D eigenvalue weighted by Gasteiger charge is 2.51. The predicted molar refractivity (Wildman–Crippen MR) is 83.1 cm³/mol. The number of aliphatic carboxylic acids is 1. The van der Waals surface area contributed by atoms with Crippen LogP contribution in [0.2, 0.25) is 0 Å². The van der Waals surface area contributed by atoms with E-state index < -0.39 is 12.0 Å². The summed E-state index contributed by atoms with van der Waals surface area (Å²) >= 11 is 1.50. The van der Waals surface area contributed by atoms with Crippen LogP contribution < -0.4 is 10.2 Å². The summed E-state index contributed by atoms with van der Waals surface area (Å²) in [4.78, 5) is 24.9. The number of rotatable bonds is 3. The van der Waals surface area contributed by atoms with E-state index in [-0.39, 0.29) is 22.5 Å².